The van der Waals surface area contributed by atoms with E-state index in [1.165, 1.54) is 24.8 Å². The smallest absolute Gasteiger partial charge is 0.122 e. The molecule has 0 aromatic heterocycles. The van der Waals surface area contributed by atoms with Crippen molar-refractivity contribution < 1.29 is 4.74 Å². The summed E-state index contributed by atoms with van der Waals surface area (Å²) in [5, 5.41) is 0. The van der Waals surface area contributed by atoms with Crippen LogP contribution in [0.5, 0.6) is 5.75 Å². The van der Waals surface area contributed by atoms with Gasteiger partial charge in [-0.15, -0.1) is 11.6 Å². The minimum Gasteiger partial charge on any atom is -0.496 e. The molecule has 1 saturated carbocycles. The van der Waals surface area contributed by atoms with Crippen LogP contribution in [-0.4, -0.2) is 13.0 Å². The highest BCUT2D eigenvalue weighted by Gasteiger charge is 2.36. The molecule has 3 heteroatoms. The molecule has 1 aromatic rings. The predicted molar refractivity (Wildman–Crippen MR) is 71.4 cm³/mol. The number of benzene rings is 1. The Balaban J connectivity index is 2.22. The molecular formula is C13H16BrClO. The maximum Gasteiger partial charge on any atom is 0.122 e. The summed E-state index contributed by atoms with van der Waals surface area (Å²) in [6.45, 7) is 0. The number of rotatable bonds is 4. The summed E-state index contributed by atoms with van der Waals surface area (Å²) in [5.74, 6) is 1.72. The highest BCUT2D eigenvalue weighted by Crippen LogP contribution is 2.46. The van der Waals surface area contributed by atoms with Gasteiger partial charge in [0.05, 0.1) is 7.11 Å². The molecule has 1 aliphatic carbocycles. The van der Waals surface area contributed by atoms with E-state index in [-0.39, 0.29) is 0 Å². The Kier molecular flexibility index (Phi) is 3.81. The lowest BCUT2D eigenvalue weighted by atomic mass is 9.67. The lowest BCUT2D eigenvalue weighted by Crippen LogP contribution is -2.33. The van der Waals surface area contributed by atoms with Crippen molar-refractivity contribution in [3.63, 3.8) is 0 Å². The van der Waals surface area contributed by atoms with Crippen LogP contribution in [0.3, 0.4) is 0 Å². The van der Waals surface area contributed by atoms with Crippen LogP contribution < -0.4 is 4.74 Å². The summed E-state index contributed by atoms with van der Waals surface area (Å²) in [6.07, 6.45) is 4.82. The van der Waals surface area contributed by atoms with Crippen LogP contribution in [-0.2, 0) is 6.42 Å². The van der Waals surface area contributed by atoms with E-state index in [4.69, 9.17) is 16.3 Å². The first kappa shape index (κ1) is 12.3. The number of methoxy groups -OCH3 is 1. The summed E-state index contributed by atoms with van der Waals surface area (Å²) in [5.41, 5.74) is 1.58. The van der Waals surface area contributed by atoms with Gasteiger partial charge in [-0.25, -0.2) is 0 Å². The molecule has 0 atom stereocenters. The van der Waals surface area contributed by atoms with Crippen molar-refractivity contribution in [2.24, 2.45) is 5.41 Å². The third-order valence-corrected chi connectivity index (χ3v) is 4.57. The van der Waals surface area contributed by atoms with Gasteiger partial charge in [-0.3, -0.25) is 0 Å². The quantitative estimate of drug-likeness (QED) is 0.749. The van der Waals surface area contributed by atoms with E-state index in [1.54, 1.807) is 7.11 Å². The second-order valence-corrected chi connectivity index (χ2v) is 5.80. The van der Waals surface area contributed by atoms with Gasteiger partial charge in [-0.1, -0.05) is 22.4 Å². The number of hydrogen-bond donors (Lipinski definition) is 0. The molecule has 0 unspecified atom stereocenters. The molecule has 16 heavy (non-hydrogen) atoms. The molecule has 0 saturated heterocycles. The molecule has 0 heterocycles. The topological polar surface area (TPSA) is 9.23 Å². The van der Waals surface area contributed by atoms with E-state index in [2.05, 4.69) is 22.0 Å². The zero-order valence-electron chi connectivity index (χ0n) is 9.43. The minimum absolute atomic E-state index is 0.315. The Bertz CT molecular complexity index is 369. The first-order chi connectivity index (χ1) is 7.69. The van der Waals surface area contributed by atoms with Crippen molar-refractivity contribution in [3.8, 4) is 5.75 Å². The van der Waals surface area contributed by atoms with Gasteiger partial charge in [-0.2, -0.15) is 0 Å². The first-order valence-electron chi connectivity index (χ1n) is 5.57. The molecule has 0 N–H and O–H groups in total. The average molecular weight is 304 g/mol. The molecule has 0 aliphatic heterocycles. The standard InChI is InChI=1S/C13H16BrClO/c1-16-12-4-3-11(14)7-10(12)8-13(9-15)5-2-6-13/h3-4,7H,2,5-6,8-9H2,1H3. The van der Waals surface area contributed by atoms with E-state index in [1.807, 2.05) is 12.1 Å². The van der Waals surface area contributed by atoms with Gasteiger partial charge < -0.3 is 4.74 Å². The van der Waals surface area contributed by atoms with Crippen LogP contribution in [0.25, 0.3) is 0 Å². The van der Waals surface area contributed by atoms with Crippen LogP contribution in [0.2, 0.25) is 0 Å². The highest BCUT2D eigenvalue weighted by atomic mass is 79.9. The molecule has 88 valence electrons. The fraction of sp³-hybridized carbons (Fsp3) is 0.538. The van der Waals surface area contributed by atoms with Gasteiger partial charge >= 0.3 is 0 Å². The van der Waals surface area contributed by atoms with Crippen LogP contribution in [0.4, 0.5) is 0 Å². The van der Waals surface area contributed by atoms with Crippen LogP contribution in [0.1, 0.15) is 24.8 Å². The van der Waals surface area contributed by atoms with Gasteiger partial charge in [0.1, 0.15) is 5.75 Å². The number of alkyl halides is 1. The zero-order valence-corrected chi connectivity index (χ0v) is 11.8. The Hall–Kier alpha value is -0.210. The van der Waals surface area contributed by atoms with Crippen LogP contribution >= 0.6 is 27.5 Å². The van der Waals surface area contributed by atoms with Gasteiger partial charge in [-0.05, 0) is 48.4 Å². The molecule has 2 rings (SSSR count). The Morgan fingerprint density at radius 2 is 2.19 bits per heavy atom. The minimum atomic E-state index is 0.315. The van der Waals surface area contributed by atoms with E-state index in [0.29, 0.717) is 5.41 Å². The molecule has 1 aromatic carbocycles. The van der Waals surface area contributed by atoms with Crippen molar-refractivity contribution in [1.29, 1.82) is 0 Å². The zero-order chi connectivity index (χ0) is 11.6. The Morgan fingerprint density at radius 3 is 2.69 bits per heavy atom. The lowest BCUT2D eigenvalue weighted by Gasteiger charge is -2.40. The average Bonchev–Trinajstić information content (AvgIpc) is 2.24. The summed E-state index contributed by atoms with van der Waals surface area (Å²) in [6, 6.07) is 6.17. The number of hydrogen-bond acceptors (Lipinski definition) is 1. The fourth-order valence-electron chi connectivity index (χ4n) is 2.32. The van der Waals surface area contributed by atoms with Crippen molar-refractivity contribution in [3.05, 3.63) is 28.2 Å². The monoisotopic (exact) mass is 302 g/mol. The SMILES string of the molecule is COc1ccc(Br)cc1CC1(CCl)CCC1. The molecule has 1 aliphatic rings. The Morgan fingerprint density at radius 1 is 1.44 bits per heavy atom. The maximum atomic E-state index is 6.09. The van der Waals surface area contributed by atoms with Crippen molar-refractivity contribution >= 4 is 27.5 Å². The van der Waals surface area contributed by atoms with Gasteiger partial charge in [0.15, 0.2) is 0 Å². The van der Waals surface area contributed by atoms with Crippen LogP contribution in [0, 0.1) is 5.41 Å². The normalized spacial score (nSPS) is 17.9. The molecule has 1 nitrogen and oxygen atoms in total. The van der Waals surface area contributed by atoms with Gasteiger partial charge in [0, 0.05) is 10.4 Å². The number of halogens is 2. The summed E-state index contributed by atoms with van der Waals surface area (Å²) in [7, 11) is 1.72. The van der Waals surface area contributed by atoms with E-state index < -0.39 is 0 Å². The van der Waals surface area contributed by atoms with Gasteiger partial charge in [0.2, 0.25) is 0 Å². The molecule has 0 amide bonds. The van der Waals surface area contributed by atoms with E-state index in [0.717, 1.165) is 22.5 Å². The summed E-state index contributed by atoms with van der Waals surface area (Å²) in [4.78, 5) is 0. The fourth-order valence-corrected chi connectivity index (χ4v) is 3.09. The number of ether oxygens (including phenoxy) is 1. The summed E-state index contributed by atoms with van der Waals surface area (Å²) >= 11 is 9.60. The molecule has 0 spiro atoms. The van der Waals surface area contributed by atoms with Crippen molar-refractivity contribution in [1.82, 2.24) is 0 Å². The first-order valence-corrected chi connectivity index (χ1v) is 6.90. The van der Waals surface area contributed by atoms with Crippen molar-refractivity contribution in [2.75, 3.05) is 13.0 Å². The highest BCUT2D eigenvalue weighted by molar-refractivity contribution is 9.10. The second-order valence-electron chi connectivity index (χ2n) is 4.62. The molecule has 0 radical (unpaired) electrons. The largest absolute Gasteiger partial charge is 0.496 e. The second kappa shape index (κ2) is 4.97. The Labute approximate surface area is 110 Å². The third kappa shape index (κ3) is 2.38. The maximum absolute atomic E-state index is 6.09. The van der Waals surface area contributed by atoms with Crippen molar-refractivity contribution in [2.45, 2.75) is 25.7 Å². The molecule has 0 bridgehead atoms. The lowest BCUT2D eigenvalue weighted by molar-refractivity contribution is 0.164. The third-order valence-electron chi connectivity index (χ3n) is 3.51. The van der Waals surface area contributed by atoms with E-state index >= 15 is 0 Å². The molecule has 1 fully saturated rings. The van der Waals surface area contributed by atoms with Gasteiger partial charge in [0.25, 0.3) is 0 Å². The summed E-state index contributed by atoms with van der Waals surface area (Å²) < 4.78 is 6.50. The van der Waals surface area contributed by atoms with Crippen LogP contribution in [0.15, 0.2) is 22.7 Å². The van der Waals surface area contributed by atoms with E-state index in [9.17, 15) is 0 Å². The molecular weight excluding hydrogens is 287 g/mol. The predicted octanol–water partition coefficient (Wildman–Crippen LogP) is 4.41.